The van der Waals surface area contributed by atoms with Gasteiger partial charge in [0.05, 0.1) is 12.3 Å². The van der Waals surface area contributed by atoms with Crippen LogP contribution in [-0.2, 0) is 9.59 Å². The molecule has 0 aromatic rings. The van der Waals surface area contributed by atoms with E-state index in [-0.39, 0.29) is 23.8 Å². The number of carbonyl (C=O) groups is 2. The highest BCUT2D eigenvalue weighted by Gasteiger charge is 2.17. The van der Waals surface area contributed by atoms with Gasteiger partial charge in [0.2, 0.25) is 0 Å². The van der Waals surface area contributed by atoms with Crippen LogP contribution in [-0.4, -0.2) is 39.5 Å². The van der Waals surface area contributed by atoms with E-state index in [1.54, 1.807) is 6.08 Å². The van der Waals surface area contributed by atoms with Crippen LogP contribution in [0.15, 0.2) is 12.2 Å². The lowest BCUT2D eigenvalue weighted by Gasteiger charge is -2.03. The van der Waals surface area contributed by atoms with E-state index in [9.17, 15) is 9.59 Å². The van der Waals surface area contributed by atoms with E-state index in [4.69, 9.17) is 10.2 Å². The first kappa shape index (κ1) is 18.6. The SMILES string of the molecule is CCCCCCC=CC(CC(=O)O)C(=O)O.[Al]. The van der Waals surface area contributed by atoms with Crippen molar-refractivity contribution in [2.75, 3.05) is 0 Å². The second kappa shape index (κ2) is 11.7. The van der Waals surface area contributed by atoms with Gasteiger partial charge in [0.1, 0.15) is 0 Å². The third-order valence-electron chi connectivity index (χ3n) is 2.30. The fourth-order valence-corrected chi connectivity index (χ4v) is 1.38. The summed E-state index contributed by atoms with van der Waals surface area (Å²) in [7, 11) is 0. The van der Waals surface area contributed by atoms with Gasteiger partial charge in [0.15, 0.2) is 0 Å². The molecular weight excluding hydrogens is 235 g/mol. The number of carboxylic acid groups (broad SMARTS) is 2. The number of carboxylic acids is 2. The second-order valence-corrected chi connectivity index (χ2v) is 3.82. The summed E-state index contributed by atoms with van der Waals surface area (Å²) in [6.45, 7) is 2.13. The van der Waals surface area contributed by atoms with Crippen LogP contribution in [0.4, 0.5) is 0 Å². The normalized spacial score (nSPS) is 12.1. The first-order valence-corrected chi connectivity index (χ1v) is 5.69. The molecule has 1 atom stereocenters. The zero-order valence-corrected chi connectivity index (χ0v) is 11.4. The fourth-order valence-electron chi connectivity index (χ4n) is 1.38. The van der Waals surface area contributed by atoms with Crippen molar-refractivity contribution in [2.24, 2.45) is 5.92 Å². The molecule has 0 aromatic carbocycles. The first-order valence-electron chi connectivity index (χ1n) is 5.69. The largest absolute Gasteiger partial charge is 0.481 e. The molecule has 0 rings (SSSR count). The lowest BCUT2D eigenvalue weighted by atomic mass is 10.0. The number of hydrogen-bond donors (Lipinski definition) is 2. The third kappa shape index (κ3) is 11.5. The molecule has 0 heterocycles. The Hall–Kier alpha value is -0.788. The van der Waals surface area contributed by atoms with Gasteiger partial charge in [0.25, 0.3) is 0 Å². The van der Waals surface area contributed by atoms with E-state index >= 15 is 0 Å². The summed E-state index contributed by atoms with van der Waals surface area (Å²) in [6.07, 6.45) is 8.26. The smallest absolute Gasteiger partial charge is 0.310 e. The molecule has 0 bridgehead atoms. The molecule has 0 aromatic heterocycles. The van der Waals surface area contributed by atoms with Gasteiger partial charge in [-0.3, -0.25) is 9.59 Å². The van der Waals surface area contributed by atoms with Gasteiger partial charge in [-0.15, -0.1) is 0 Å². The molecule has 17 heavy (non-hydrogen) atoms. The van der Waals surface area contributed by atoms with Crippen LogP contribution in [0.1, 0.15) is 45.4 Å². The number of aliphatic carboxylic acids is 2. The maximum Gasteiger partial charge on any atom is 0.310 e. The number of rotatable bonds is 9. The van der Waals surface area contributed by atoms with E-state index in [2.05, 4.69) is 6.92 Å². The predicted molar refractivity (Wildman–Crippen MR) is 67.0 cm³/mol. The highest BCUT2D eigenvalue weighted by atomic mass is 27.0. The van der Waals surface area contributed by atoms with Crippen LogP contribution in [0.25, 0.3) is 0 Å². The average Bonchev–Trinajstić information content (AvgIpc) is 2.20. The molecule has 2 N–H and O–H groups in total. The van der Waals surface area contributed by atoms with Gasteiger partial charge < -0.3 is 10.2 Å². The average molecular weight is 255 g/mol. The predicted octanol–water partition coefficient (Wildman–Crippen LogP) is 2.31. The maximum absolute atomic E-state index is 10.7. The Balaban J connectivity index is 0. The van der Waals surface area contributed by atoms with Gasteiger partial charge in [-0.05, 0) is 12.8 Å². The van der Waals surface area contributed by atoms with Gasteiger partial charge in [0, 0.05) is 17.4 Å². The summed E-state index contributed by atoms with van der Waals surface area (Å²) in [5, 5.41) is 17.3. The standard InChI is InChI=1S/C12H20O4.Al/c1-2-3-4-5-6-7-8-10(12(15)16)9-11(13)14;/h7-8,10H,2-6,9H2,1H3,(H,13,14)(H,15,16);. The molecular formula is C12H20AlO4. The Morgan fingerprint density at radius 2 is 1.82 bits per heavy atom. The number of hydrogen-bond acceptors (Lipinski definition) is 2. The van der Waals surface area contributed by atoms with Crippen molar-refractivity contribution in [1.29, 1.82) is 0 Å². The van der Waals surface area contributed by atoms with Crippen molar-refractivity contribution in [1.82, 2.24) is 0 Å². The van der Waals surface area contributed by atoms with E-state index in [1.165, 1.54) is 18.9 Å². The molecule has 0 amide bonds. The van der Waals surface area contributed by atoms with Crippen LogP contribution in [0.5, 0.6) is 0 Å². The summed E-state index contributed by atoms with van der Waals surface area (Å²) in [5.41, 5.74) is 0. The fraction of sp³-hybridized carbons (Fsp3) is 0.667. The summed E-state index contributed by atoms with van der Waals surface area (Å²) in [4.78, 5) is 21.1. The van der Waals surface area contributed by atoms with Crippen molar-refractivity contribution >= 4 is 29.3 Å². The molecule has 3 radical (unpaired) electrons. The molecule has 4 nitrogen and oxygen atoms in total. The summed E-state index contributed by atoms with van der Waals surface area (Å²) < 4.78 is 0. The van der Waals surface area contributed by atoms with Crippen molar-refractivity contribution < 1.29 is 19.8 Å². The van der Waals surface area contributed by atoms with Crippen molar-refractivity contribution in [3.63, 3.8) is 0 Å². The number of unbranched alkanes of at least 4 members (excludes halogenated alkanes) is 4. The Bertz CT molecular complexity index is 251. The lowest BCUT2D eigenvalue weighted by molar-refractivity contribution is -0.146. The monoisotopic (exact) mass is 255 g/mol. The zero-order valence-electron chi connectivity index (χ0n) is 10.3. The first-order chi connectivity index (χ1) is 7.57. The quantitative estimate of drug-likeness (QED) is 0.376. The van der Waals surface area contributed by atoms with Gasteiger partial charge in [-0.2, -0.15) is 0 Å². The van der Waals surface area contributed by atoms with Gasteiger partial charge in [-0.1, -0.05) is 38.3 Å². The zero-order chi connectivity index (χ0) is 12.4. The Morgan fingerprint density at radius 1 is 1.18 bits per heavy atom. The van der Waals surface area contributed by atoms with Crippen LogP contribution in [0, 0.1) is 5.92 Å². The molecule has 0 saturated carbocycles. The second-order valence-electron chi connectivity index (χ2n) is 3.82. The molecule has 0 fully saturated rings. The summed E-state index contributed by atoms with van der Waals surface area (Å²) in [6, 6.07) is 0. The minimum Gasteiger partial charge on any atom is -0.481 e. The third-order valence-corrected chi connectivity index (χ3v) is 2.30. The summed E-state index contributed by atoms with van der Waals surface area (Å²) >= 11 is 0. The molecule has 0 aliphatic heterocycles. The summed E-state index contributed by atoms with van der Waals surface area (Å²) in [5.74, 6) is -3.06. The molecule has 1 unspecified atom stereocenters. The van der Waals surface area contributed by atoms with Gasteiger partial charge >= 0.3 is 11.9 Å². The minimum absolute atomic E-state index is 0. The van der Waals surface area contributed by atoms with Crippen molar-refractivity contribution in [2.45, 2.75) is 45.4 Å². The highest BCUT2D eigenvalue weighted by molar-refractivity contribution is 5.79. The van der Waals surface area contributed by atoms with E-state index in [1.807, 2.05) is 0 Å². The molecule has 95 valence electrons. The molecule has 0 aliphatic rings. The molecule has 0 aliphatic carbocycles. The van der Waals surface area contributed by atoms with E-state index < -0.39 is 17.9 Å². The Morgan fingerprint density at radius 3 is 2.29 bits per heavy atom. The maximum atomic E-state index is 10.7. The van der Waals surface area contributed by atoms with Crippen LogP contribution in [0.2, 0.25) is 0 Å². The van der Waals surface area contributed by atoms with E-state index in [0.717, 1.165) is 19.3 Å². The van der Waals surface area contributed by atoms with Crippen LogP contribution < -0.4 is 0 Å². The van der Waals surface area contributed by atoms with Crippen LogP contribution >= 0.6 is 0 Å². The lowest BCUT2D eigenvalue weighted by Crippen LogP contribution is -2.15. The topological polar surface area (TPSA) is 74.6 Å². The molecule has 0 saturated heterocycles. The van der Waals surface area contributed by atoms with Crippen LogP contribution in [0.3, 0.4) is 0 Å². The van der Waals surface area contributed by atoms with Crippen molar-refractivity contribution in [3.8, 4) is 0 Å². The van der Waals surface area contributed by atoms with Crippen molar-refractivity contribution in [3.05, 3.63) is 12.2 Å². The van der Waals surface area contributed by atoms with E-state index in [0.29, 0.717) is 0 Å². The molecule has 5 heteroatoms. The number of allylic oxidation sites excluding steroid dienone is 1. The highest BCUT2D eigenvalue weighted by Crippen LogP contribution is 2.08. The Labute approximate surface area is 113 Å². The minimum atomic E-state index is -1.08. The Kier molecular flexibility index (Phi) is 12.8. The van der Waals surface area contributed by atoms with Gasteiger partial charge in [-0.25, -0.2) is 0 Å². The molecule has 0 spiro atoms.